The highest BCUT2D eigenvalue weighted by atomic mass is 32.2. The van der Waals surface area contributed by atoms with Gasteiger partial charge in [0.05, 0.1) is 25.7 Å². The number of alkyl halides is 2. The van der Waals surface area contributed by atoms with Gasteiger partial charge >= 0.3 is 6.61 Å². The van der Waals surface area contributed by atoms with E-state index >= 15 is 0 Å². The summed E-state index contributed by atoms with van der Waals surface area (Å²) in [5, 5.41) is -0.426. The molecule has 0 aromatic heterocycles. The van der Waals surface area contributed by atoms with Gasteiger partial charge in [-0.2, -0.15) is 8.78 Å². The van der Waals surface area contributed by atoms with Crippen LogP contribution >= 0.6 is 11.8 Å². The Morgan fingerprint density at radius 3 is 2.39 bits per heavy atom. The smallest absolute Gasteiger partial charge is 0.387 e. The number of hydrogen-bond donors (Lipinski definition) is 0. The minimum Gasteiger partial charge on any atom is -0.493 e. The van der Waals surface area contributed by atoms with Gasteiger partial charge in [0.1, 0.15) is 6.61 Å². The number of methoxy groups -OCH3 is 2. The maximum absolute atomic E-state index is 12.6. The molecule has 10 heteroatoms. The maximum atomic E-state index is 12.6. The first-order valence-corrected chi connectivity index (χ1v) is 9.88. The molecular formula is C21H19F2NO6S. The topological polar surface area (TPSA) is 74.3 Å². The van der Waals surface area contributed by atoms with E-state index in [9.17, 15) is 18.4 Å². The molecule has 31 heavy (non-hydrogen) atoms. The Kier molecular flexibility index (Phi) is 7.35. The average molecular weight is 451 g/mol. The molecule has 0 atom stereocenters. The van der Waals surface area contributed by atoms with E-state index in [1.807, 2.05) is 0 Å². The average Bonchev–Trinajstić information content (AvgIpc) is 3.02. The van der Waals surface area contributed by atoms with Gasteiger partial charge in [-0.05, 0) is 47.7 Å². The lowest BCUT2D eigenvalue weighted by molar-refractivity contribution is -0.123. The Morgan fingerprint density at radius 1 is 1.00 bits per heavy atom. The first kappa shape index (κ1) is 22.4. The second-order valence-corrected chi connectivity index (χ2v) is 7.11. The fourth-order valence-electron chi connectivity index (χ4n) is 2.80. The largest absolute Gasteiger partial charge is 0.493 e. The molecule has 2 amide bonds. The van der Waals surface area contributed by atoms with Crippen molar-refractivity contribution in [1.82, 2.24) is 4.90 Å². The molecule has 3 rings (SSSR count). The number of hydrogen-bond acceptors (Lipinski definition) is 7. The first-order chi connectivity index (χ1) is 14.9. The summed E-state index contributed by atoms with van der Waals surface area (Å²) in [7, 11) is 2.83. The first-order valence-electron chi connectivity index (χ1n) is 9.07. The Morgan fingerprint density at radius 2 is 1.71 bits per heavy atom. The molecule has 1 heterocycles. The summed E-state index contributed by atoms with van der Waals surface area (Å²) in [4.78, 5) is 26.2. The fraction of sp³-hybridized carbons (Fsp3) is 0.238. The van der Waals surface area contributed by atoms with Gasteiger partial charge < -0.3 is 18.9 Å². The second kappa shape index (κ2) is 10.2. The van der Waals surface area contributed by atoms with Crippen LogP contribution < -0.4 is 18.9 Å². The molecule has 0 aliphatic carbocycles. The summed E-state index contributed by atoms with van der Waals surface area (Å²) in [5.41, 5.74) is 0.495. The van der Waals surface area contributed by atoms with Crippen LogP contribution in [-0.2, 0) is 4.79 Å². The third-order valence-corrected chi connectivity index (χ3v) is 5.12. The number of amides is 2. The standard InChI is InChI=1S/C21H19F2NO6S/c1-27-14-5-3-4-6-15(14)29-10-9-24-19(25)18(31-21(24)26)12-13-7-8-16(30-20(22)23)17(11-13)28-2/h3-8,11-12,20H,9-10H2,1-2H3/b18-12-. The van der Waals surface area contributed by atoms with E-state index in [1.165, 1.54) is 38.5 Å². The highest BCUT2D eigenvalue weighted by Crippen LogP contribution is 2.35. The van der Waals surface area contributed by atoms with Crippen LogP contribution in [0.5, 0.6) is 23.0 Å². The summed E-state index contributed by atoms with van der Waals surface area (Å²) in [6.07, 6.45) is 1.49. The minimum absolute atomic E-state index is 0.0601. The van der Waals surface area contributed by atoms with Crippen molar-refractivity contribution in [2.45, 2.75) is 6.61 Å². The Labute approximate surface area is 181 Å². The number of ether oxygens (including phenoxy) is 4. The van der Waals surface area contributed by atoms with Gasteiger partial charge in [-0.3, -0.25) is 14.5 Å². The number of benzene rings is 2. The van der Waals surface area contributed by atoms with Crippen LogP contribution in [0.3, 0.4) is 0 Å². The van der Waals surface area contributed by atoms with Crippen molar-refractivity contribution >= 4 is 29.0 Å². The minimum atomic E-state index is -2.99. The van der Waals surface area contributed by atoms with Crippen molar-refractivity contribution in [2.75, 3.05) is 27.4 Å². The normalized spacial score (nSPS) is 15.0. The van der Waals surface area contributed by atoms with Crippen LogP contribution in [0, 0.1) is 0 Å². The number of rotatable bonds is 9. The van der Waals surface area contributed by atoms with Crippen LogP contribution in [-0.4, -0.2) is 50.0 Å². The van der Waals surface area contributed by atoms with Crippen molar-refractivity contribution in [3.05, 3.63) is 52.9 Å². The van der Waals surface area contributed by atoms with Crippen molar-refractivity contribution in [1.29, 1.82) is 0 Å². The van der Waals surface area contributed by atoms with Crippen molar-refractivity contribution in [2.24, 2.45) is 0 Å². The van der Waals surface area contributed by atoms with Crippen LogP contribution in [0.25, 0.3) is 6.08 Å². The maximum Gasteiger partial charge on any atom is 0.387 e. The Bertz CT molecular complexity index is 998. The monoisotopic (exact) mass is 451 g/mol. The lowest BCUT2D eigenvalue weighted by atomic mass is 10.2. The molecule has 0 unspecified atom stereocenters. The van der Waals surface area contributed by atoms with Gasteiger partial charge in [0.2, 0.25) is 0 Å². The predicted molar refractivity (Wildman–Crippen MR) is 111 cm³/mol. The Hall–Kier alpha value is -3.27. The second-order valence-electron chi connectivity index (χ2n) is 6.12. The molecular weight excluding hydrogens is 432 g/mol. The van der Waals surface area contributed by atoms with E-state index in [2.05, 4.69) is 4.74 Å². The van der Waals surface area contributed by atoms with Crippen LogP contribution in [0.2, 0.25) is 0 Å². The summed E-state index contributed by atoms with van der Waals surface area (Å²) >= 11 is 0.785. The third-order valence-electron chi connectivity index (χ3n) is 4.22. The van der Waals surface area contributed by atoms with Gasteiger partial charge in [-0.1, -0.05) is 18.2 Å². The van der Waals surface area contributed by atoms with E-state index in [0.29, 0.717) is 17.1 Å². The van der Waals surface area contributed by atoms with Gasteiger partial charge in [0.15, 0.2) is 23.0 Å². The van der Waals surface area contributed by atoms with Gasteiger partial charge in [0, 0.05) is 0 Å². The molecule has 1 fully saturated rings. The number of carbonyl (C=O) groups is 2. The number of halogens is 2. The van der Waals surface area contributed by atoms with E-state index in [4.69, 9.17) is 14.2 Å². The summed E-state index contributed by atoms with van der Waals surface area (Å²) in [5.74, 6) is 0.538. The number of para-hydroxylation sites is 2. The van der Waals surface area contributed by atoms with Crippen molar-refractivity contribution in [3.63, 3.8) is 0 Å². The van der Waals surface area contributed by atoms with E-state index in [-0.39, 0.29) is 29.6 Å². The molecule has 1 saturated heterocycles. The molecule has 0 N–H and O–H groups in total. The lowest BCUT2D eigenvalue weighted by Gasteiger charge is -2.14. The summed E-state index contributed by atoms with van der Waals surface area (Å²) in [6, 6.07) is 11.3. The summed E-state index contributed by atoms with van der Waals surface area (Å²) in [6.45, 7) is -2.83. The summed E-state index contributed by atoms with van der Waals surface area (Å²) < 4.78 is 45.2. The SMILES string of the molecule is COc1ccccc1OCCN1C(=O)S/C(=C\c2ccc(OC(F)F)c(OC)c2)C1=O. The zero-order valence-electron chi connectivity index (χ0n) is 16.7. The molecule has 1 aliphatic heterocycles. The molecule has 2 aromatic rings. The van der Waals surface area contributed by atoms with Crippen molar-refractivity contribution < 1.29 is 37.3 Å². The fourth-order valence-corrected chi connectivity index (χ4v) is 3.66. The molecule has 1 aliphatic rings. The van der Waals surface area contributed by atoms with Crippen LogP contribution in [0.1, 0.15) is 5.56 Å². The quantitative estimate of drug-likeness (QED) is 0.523. The van der Waals surface area contributed by atoms with Crippen molar-refractivity contribution in [3.8, 4) is 23.0 Å². The van der Waals surface area contributed by atoms with E-state index in [0.717, 1.165) is 16.7 Å². The zero-order chi connectivity index (χ0) is 22.4. The number of carbonyl (C=O) groups excluding carboxylic acids is 2. The van der Waals surface area contributed by atoms with Crippen LogP contribution in [0.15, 0.2) is 47.4 Å². The molecule has 0 saturated carbocycles. The molecule has 0 bridgehead atoms. The van der Waals surface area contributed by atoms with Gasteiger partial charge in [-0.15, -0.1) is 0 Å². The predicted octanol–water partition coefficient (Wildman–Crippen LogP) is 4.42. The third kappa shape index (κ3) is 5.46. The van der Waals surface area contributed by atoms with Crippen LogP contribution in [0.4, 0.5) is 13.6 Å². The van der Waals surface area contributed by atoms with E-state index in [1.54, 1.807) is 24.3 Å². The van der Waals surface area contributed by atoms with Gasteiger partial charge in [0.25, 0.3) is 11.1 Å². The number of imide groups is 1. The van der Waals surface area contributed by atoms with E-state index < -0.39 is 17.8 Å². The highest BCUT2D eigenvalue weighted by Gasteiger charge is 2.34. The lowest BCUT2D eigenvalue weighted by Crippen LogP contribution is -2.32. The highest BCUT2D eigenvalue weighted by molar-refractivity contribution is 8.18. The molecule has 0 spiro atoms. The molecule has 164 valence electrons. The Balaban J connectivity index is 1.67. The number of nitrogens with zero attached hydrogens (tertiary/aromatic N) is 1. The van der Waals surface area contributed by atoms with Gasteiger partial charge in [-0.25, -0.2) is 0 Å². The number of thioether (sulfide) groups is 1. The zero-order valence-corrected chi connectivity index (χ0v) is 17.5. The molecule has 2 aromatic carbocycles. The molecule has 7 nitrogen and oxygen atoms in total. The molecule has 0 radical (unpaired) electrons.